The molecule has 2 aromatic rings. The van der Waals surface area contributed by atoms with Gasteiger partial charge in [0.15, 0.2) is 0 Å². The summed E-state index contributed by atoms with van der Waals surface area (Å²) in [5.41, 5.74) is 9.28. The van der Waals surface area contributed by atoms with E-state index in [0.29, 0.717) is 5.95 Å². The molecule has 26 heavy (non-hydrogen) atoms. The predicted molar refractivity (Wildman–Crippen MR) is 99.7 cm³/mol. The Morgan fingerprint density at radius 1 is 1.31 bits per heavy atom. The second-order valence-corrected chi connectivity index (χ2v) is 6.61. The maximum absolute atomic E-state index is 5.92. The average molecular weight is 355 g/mol. The van der Waals surface area contributed by atoms with Crippen LogP contribution >= 0.6 is 0 Å². The van der Waals surface area contributed by atoms with Crippen molar-refractivity contribution in [2.45, 2.75) is 19.0 Å². The Hall–Kier alpha value is -2.29. The maximum Gasteiger partial charge on any atom is 0.222 e. The highest BCUT2D eigenvalue weighted by atomic mass is 16.5. The van der Waals surface area contributed by atoms with Crippen LogP contribution in [0.3, 0.4) is 0 Å². The largest absolute Gasteiger partial charge is 0.379 e. The molecule has 0 aromatic carbocycles. The van der Waals surface area contributed by atoms with Crippen LogP contribution in [0.1, 0.15) is 22.9 Å². The van der Waals surface area contributed by atoms with E-state index >= 15 is 0 Å². The molecule has 4 rings (SSSR count). The highest BCUT2D eigenvalue weighted by Crippen LogP contribution is 2.25. The summed E-state index contributed by atoms with van der Waals surface area (Å²) < 4.78 is 5.52. The van der Waals surface area contributed by atoms with Crippen LogP contribution in [0.25, 0.3) is 0 Å². The second kappa shape index (κ2) is 7.94. The Kier molecular flexibility index (Phi) is 5.24. The Balaban J connectivity index is 1.56. The van der Waals surface area contributed by atoms with Gasteiger partial charge in [0.25, 0.3) is 0 Å². The molecule has 2 aromatic heterocycles. The lowest BCUT2D eigenvalue weighted by molar-refractivity contribution is 0.0186. The van der Waals surface area contributed by atoms with E-state index in [0.717, 1.165) is 63.9 Å². The van der Waals surface area contributed by atoms with Gasteiger partial charge in [0, 0.05) is 44.1 Å². The molecule has 8 heteroatoms. The average Bonchev–Trinajstić information content (AvgIpc) is 2.69. The molecule has 0 amide bonds. The van der Waals surface area contributed by atoms with Gasteiger partial charge in [-0.05, 0) is 24.6 Å². The number of ether oxygens (including phenoxy) is 1. The molecule has 0 bridgehead atoms. The van der Waals surface area contributed by atoms with E-state index in [1.165, 1.54) is 11.1 Å². The minimum atomic E-state index is 0.209. The first-order valence-corrected chi connectivity index (χ1v) is 9.13. The van der Waals surface area contributed by atoms with Gasteiger partial charge >= 0.3 is 0 Å². The maximum atomic E-state index is 5.92. The number of pyridine rings is 1. The first-order valence-electron chi connectivity index (χ1n) is 9.13. The van der Waals surface area contributed by atoms with Crippen molar-refractivity contribution in [2.24, 2.45) is 0 Å². The van der Waals surface area contributed by atoms with Gasteiger partial charge in [0.05, 0.1) is 24.9 Å². The molecule has 0 radical (unpaired) electrons. The highest BCUT2D eigenvalue weighted by molar-refractivity contribution is 5.51. The highest BCUT2D eigenvalue weighted by Gasteiger charge is 2.24. The van der Waals surface area contributed by atoms with Gasteiger partial charge in [-0.25, -0.2) is 4.98 Å². The smallest absolute Gasteiger partial charge is 0.222 e. The molecular formula is C18H25N7O. The number of morpholine rings is 1. The van der Waals surface area contributed by atoms with Crippen molar-refractivity contribution >= 4 is 11.8 Å². The molecule has 8 nitrogen and oxygen atoms in total. The summed E-state index contributed by atoms with van der Waals surface area (Å²) in [6.07, 6.45) is 4.66. The van der Waals surface area contributed by atoms with Crippen LogP contribution in [0, 0.1) is 0 Å². The minimum absolute atomic E-state index is 0.209. The lowest BCUT2D eigenvalue weighted by Crippen LogP contribution is -2.41. The third-order valence-electron chi connectivity index (χ3n) is 4.97. The molecule has 1 atom stereocenters. The van der Waals surface area contributed by atoms with E-state index in [1.54, 1.807) is 0 Å². The lowest BCUT2D eigenvalue weighted by atomic mass is 10.1. The normalized spacial score (nSPS) is 18.9. The van der Waals surface area contributed by atoms with E-state index < -0.39 is 0 Å². The number of nitrogens with zero attached hydrogens (tertiary/aromatic N) is 4. The van der Waals surface area contributed by atoms with Gasteiger partial charge in [0.2, 0.25) is 5.95 Å². The fourth-order valence-corrected chi connectivity index (χ4v) is 3.64. The van der Waals surface area contributed by atoms with Crippen LogP contribution in [0.15, 0.2) is 24.5 Å². The summed E-state index contributed by atoms with van der Waals surface area (Å²) in [7, 11) is 0. The van der Waals surface area contributed by atoms with Crippen LogP contribution in [0.5, 0.6) is 0 Å². The zero-order valence-corrected chi connectivity index (χ0v) is 14.8. The predicted octanol–water partition coefficient (Wildman–Crippen LogP) is 0.585. The molecule has 0 saturated carbocycles. The number of hydrogen-bond acceptors (Lipinski definition) is 8. The Morgan fingerprint density at radius 2 is 2.19 bits per heavy atom. The monoisotopic (exact) mass is 355 g/mol. The van der Waals surface area contributed by atoms with E-state index in [2.05, 4.69) is 36.6 Å². The number of aromatic nitrogens is 3. The van der Waals surface area contributed by atoms with Gasteiger partial charge in [-0.15, -0.1) is 0 Å². The second-order valence-electron chi connectivity index (χ2n) is 6.61. The summed E-state index contributed by atoms with van der Waals surface area (Å²) in [5.74, 6) is 1.18. The van der Waals surface area contributed by atoms with Gasteiger partial charge in [-0.3, -0.25) is 9.88 Å². The zero-order chi connectivity index (χ0) is 17.8. The van der Waals surface area contributed by atoms with Crippen molar-refractivity contribution in [3.05, 3.63) is 41.3 Å². The van der Waals surface area contributed by atoms with Crippen molar-refractivity contribution in [3.8, 4) is 0 Å². The first-order chi connectivity index (χ1) is 12.8. The van der Waals surface area contributed by atoms with Gasteiger partial charge < -0.3 is 21.1 Å². The van der Waals surface area contributed by atoms with E-state index in [-0.39, 0.29) is 6.04 Å². The van der Waals surface area contributed by atoms with Crippen molar-refractivity contribution in [2.75, 3.05) is 50.4 Å². The van der Waals surface area contributed by atoms with Crippen LogP contribution in [-0.2, 0) is 17.7 Å². The fraction of sp³-hybridized carbons (Fsp3) is 0.500. The lowest BCUT2D eigenvalue weighted by Gasteiger charge is -2.35. The van der Waals surface area contributed by atoms with Crippen LogP contribution in [0.2, 0.25) is 0 Å². The molecular weight excluding hydrogens is 330 g/mol. The number of hydrogen-bond donors (Lipinski definition) is 3. The van der Waals surface area contributed by atoms with Crippen LogP contribution < -0.4 is 16.4 Å². The summed E-state index contributed by atoms with van der Waals surface area (Å²) in [4.78, 5) is 15.6. The number of nitrogen functional groups attached to an aromatic ring is 1. The molecule has 138 valence electrons. The zero-order valence-electron chi connectivity index (χ0n) is 14.8. The van der Waals surface area contributed by atoms with Gasteiger partial charge in [-0.2, -0.15) is 4.98 Å². The van der Waals surface area contributed by atoms with Crippen molar-refractivity contribution < 1.29 is 4.74 Å². The third-order valence-corrected chi connectivity index (χ3v) is 4.97. The van der Waals surface area contributed by atoms with Crippen molar-refractivity contribution in [1.29, 1.82) is 0 Å². The molecule has 0 aliphatic carbocycles. The molecule has 1 fully saturated rings. The summed E-state index contributed by atoms with van der Waals surface area (Å²) in [6.45, 7) is 5.76. The molecule has 2 aliphatic heterocycles. The Bertz CT molecular complexity index is 734. The Labute approximate surface area is 153 Å². The number of anilines is 2. The van der Waals surface area contributed by atoms with Gasteiger partial charge in [0.1, 0.15) is 5.82 Å². The van der Waals surface area contributed by atoms with Crippen LogP contribution in [0.4, 0.5) is 11.8 Å². The van der Waals surface area contributed by atoms with Crippen LogP contribution in [-0.4, -0.2) is 59.2 Å². The summed E-state index contributed by atoms with van der Waals surface area (Å²) in [6, 6.07) is 4.32. The summed E-state index contributed by atoms with van der Waals surface area (Å²) >= 11 is 0. The number of rotatable bonds is 5. The number of nitrogens with two attached hydrogens (primary N) is 1. The quantitative estimate of drug-likeness (QED) is 0.716. The van der Waals surface area contributed by atoms with E-state index in [9.17, 15) is 0 Å². The molecule has 4 heterocycles. The molecule has 1 saturated heterocycles. The fourth-order valence-electron chi connectivity index (χ4n) is 3.64. The van der Waals surface area contributed by atoms with Gasteiger partial charge in [-0.1, -0.05) is 6.07 Å². The topological polar surface area (TPSA) is 101 Å². The van der Waals surface area contributed by atoms with E-state index in [4.69, 9.17) is 10.5 Å². The molecule has 4 N–H and O–H groups in total. The van der Waals surface area contributed by atoms with Crippen molar-refractivity contribution in [3.63, 3.8) is 0 Å². The third kappa shape index (κ3) is 3.77. The van der Waals surface area contributed by atoms with E-state index in [1.807, 2.05) is 18.5 Å². The number of fused-ring (bicyclic) bond motifs is 1. The minimum Gasteiger partial charge on any atom is -0.379 e. The number of nitrogens with one attached hydrogen (secondary N) is 2. The molecule has 2 aliphatic rings. The molecule has 0 spiro atoms. The Morgan fingerprint density at radius 3 is 3.00 bits per heavy atom. The van der Waals surface area contributed by atoms with Crippen molar-refractivity contribution in [1.82, 2.24) is 25.2 Å². The standard InChI is InChI=1S/C18H25N7O/c19-18-23-15-11-21-5-3-14(15)17(24-18)22-12-16(13-2-1-4-20-10-13)25-6-8-26-9-7-25/h1-2,4,10,16,21H,3,5-9,11-12H2,(H3,19,22,23,24). The molecule has 1 unspecified atom stereocenters. The summed E-state index contributed by atoms with van der Waals surface area (Å²) in [5, 5.41) is 6.87. The SMILES string of the molecule is Nc1nc2c(c(NCC(c3cccnc3)N3CCOCC3)n1)CCNC2. The first kappa shape index (κ1) is 17.1.